The second-order valence-corrected chi connectivity index (χ2v) is 7.72. The number of carbonyl (C=O) groups is 1. The summed E-state index contributed by atoms with van der Waals surface area (Å²) in [6, 6.07) is 3.92. The zero-order valence-electron chi connectivity index (χ0n) is 13.7. The van der Waals surface area contributed by atoms with Crippen molar-refractivity contribution >= 4 is 21.8 Å². The van der Waals surface area contributed by atoms with E-state index in [1.807, 2.05) is 32.9 Å². The van der Waals surface area contributed by atoms with Gasteiger partial charge in [0.15, 0.2) is 0 Å². The minimum Gasteiger partial charge on any atom is -0.422 e. The van der Waals surface area contributed by atoms with Gasteiger partial charge in [-0.2, -0.15) is 0 Å². The van der Waals surface area contributed by atoms with Gasteiger partial charge in [0.25, 0.3) is 10.0 Å². The molecule has 0 saturated carbocycles. The van der Waals surface area contributed by atoms with E-state index in [1.165, 1.54) is 12.2 Å². The molecule has 2 heterocycles. The van der Waals surface area contributed by atoms with Gasteiger partial charge in [-0.1, -0.05) is 17.7 Å². The molecule has 0 aliphatic carbocycles. The fraction of sp³-hybridized carbons (Fsp3) is 0.294. The Morgan fingerprint density at radius 2 is 1.83 bits per heavy atom. The van der Waals surface area contributed by atoms with Gasteiger partial charge in [0.05, 0.1) is 11.3 Å². The number of rotatable bonds is 2. The number of amidine groups is 1. The lowest BCUT2D eigenvalue weighted by atomic mass is 10.1. The molecule has 2 aliphatic heterocycles. The highest BCUT2D eigenvalue weighted by atomic mass is 32.2. The molecule has 7 heteroatoms. The van der Waals surface area contributed by atoms with Gasteiger partial charge in [0, 0.05) is 12.7 Å². The minimum atomic E-state index is -3.41. The van der Waals surface area contributed by atoms with Gasteiger partial charge in [-0.3, -0.25) is 0 Å². The summed E-state index contributed by atoms with van der Waals surface area (Å²) in [5.74, 6) is 0.328. The molecule has 126 valence electrons. The highest BCUT2D eigenvalue weighted by molar-refractivity contribution is 7.90. The molecule has 1 aromatic rings. The Hall–Kier alpha value is -2.41. The average molecular weight is 346 g/mol. The first kappa shape index (κ1) is 16.4. The average Bonchev–Trinajstić information content (AvgIpc) is 2.49. The highest BCUT2D eigenvalue weighted by Crippen LogP contribution is 2.26. The van der Waals surface area contributed by atoms with Crippen LogP contribution in [0.25, 0.3) is 0 Å². The second-order valence-electron chi connectivity index (χ2n) is 5.96. The van der Waals surface area contributed by atoms with Crippen LogP contribution in [0.4, 0.5) is 0 Å². The Bertz CT molecular complexity index is 888. The summed E-state index contributed by atoms with van der Waals surface area (Å²) in [6.45, 7) is 6.05. The molecule has 0 spiro atoms. The number of ether oxygens (including phenoxy) is 1. The monoisotopic (exact) mass is 346 g/mol. The van der Waals surface area contributed by atoms with Crippen LogP contribution >= 0.6 is 0 Å². The lowest BCUT2D eigenvalue weighted by Gasteiger charge is -2.26. The number of carbonyl (C=O) groups excluding carboxylic acids is 1. The van der Waals surface area contributed by atoms with Gasteiger partial charge in [-0.15, -0.1) is 4.40 Å². The Balaban J connectivity index is 1.83. The molecule has 0 aromatic heterocycles. The van der Waals surface area contributed by atoms with Crippen LogP contribution in [0, 0.1) is 20.8 Å². The maximum absolute atomic E-state index is 12.4. The third-order valence-corrected chi connectivity index (χ3v) is 5.02. The number of nitrogens with zero attached hydrogens (tertiary/aromatic N) is 2. The molecule has 6 nitrogen and oxygen atoms in total. The summed E-state index contributed by atoms with van der Waals surface area (Å²) in [5, 5.41) is 0. The van der Waals surface area contributed by atoms with Crippen molar-refractivity contribution in [1.29, 1.82) is 0 Å². The molecule has 3 rings (SSSR count). The van der Waals surface area contributed by atoms with E-state index in [4.69, 9.17) is 4.74 Å². The van der Waals surface area contributed by atoms with Gasteiger partial charge in [-0.05, 0) is 44.1 Å². The number of sulfonamides is 1. The molecule has 0 N–H and O–H groups in total. The first-order valence-electron chi connectivity index (χ1n) is 7.54. The van der Waals surface area contributed by atoms with Crippen LogP contribution in [-0.2, 0) is 14.8 Å². The van der Waals surface area contributed by atoms with Crippen molar-refractivity contribution < 1.29 is 17.9 Å². The fourth-order valence-electron chi connectivity index (χ4n) is 2.80. The van der Waals surface area contributed by atoms with E-state index in [-0.39, 0.29) is 12.3 Å². The molecule has 2 aliphatic rings. The Morgan fingerprint density at radius 1 is 1.17 bits per heavy atom. The van der Waals surface area contributed by atoms with Gasteiger partial charge < -0.3 is 9.64 Å². The highest BCUT2D eigenvalue weighted by Gasteiger charge is 2.25. The number of aryl methyl sites for hydroxylation is 3. The van der Waals surface area contributed by atoms with Crippen LogP contribution in [0.3, 0.4) is 0 Å². The minimum absolute atomic E-state index is 0.0701. The number of benzene rings is 1. The summed E-state index contributed by atoms with van der Waals surface area (Å²) in [7, 11) is -3.41. The van der Waals surface area contributed by atoms with E-state index in [2.05, 4.69) is 4.40 Å². The van der Waals surface area contributed by atoms with Gasteiger partial charge >= 0.3 is 5.97 Å². The van der Waals surface area contributed by atoms with Gasteiger partial charge in [0.1, 0.15) is 11.6 Å². The smallest absolute Gasteiger partial charge is 0.345 e. The molecule has 0 bridgehead atoms. The van der Waals surface area contributed by atoms with Crippen molar-refractivity contribution in [3.63, 3.8) is 0 Å². The maximum Gasteiger partial charge on any atom is 0.345 e. The first-order valence-corrected chi connectivity index (χ1v) is 9.15. The summed E-state index contributed by atoms with van der Waals surface area (Å²) in [5.41, 5.74) is 3.25. The summed E-state index contributed by atoms with van der Waals surface area (Å²) >= 11 is 0. The molecule has 1 aromatic carbocycles. The molecule has 24 heavy (non-hydrogen) atoms. The third kappa shape index (κ3) is 3.26. The van der Waals surface area contributed by atoms with E-state index in [0.29, 0.717) is 17.2 Å². The molecule has 0 radical (unpaired) electrons. The molecule has 0 amide bonds. The Labute approximate surface area is 141 Å². The van der Waals surface area contributed by atoms with Crippen LogP contribution < -0.4 is 4.74 Å². The first-order chi connectivity index (χ1) is 11.2. The standard InChI is InChI=1S/C17H18N2O4S/c1-11-8-12(2)16(13(3)9-11)23-17(20)14-4-5-15-18-24(21,22)7-6-19(15)10-14/h4-5,8-10H,6-7H2,1-3H3. The summed E-state index contributed by atoms with van der Waals surface area (Å²) < 4.78 is 32.2. The fourth-order valence-corrected chi connectivity index (χ4v) is 3.77. The molecular weight excluding hydrogens is 328 g/mol. The largest absolute Gasteiger partial charge is 0.422 e. The van der Waals surface area contributed by atoms with Crippen molar-refractivity contribution in [3.05, 3.63) is 52.7 Å². The number of hydrogen-bond donors (Lipinski definition) is 0. The zero-order valence-corrected chi connectivity index (χ0v) is 14.6. The van der Waals surface area contributed by atoms with Crippen molar-refractivity contribution in [2.75, 3.05) is 12.3 Å². The predicted molar refractivity (Wildman–Crippen MR) is 91.4 cm³/mol. The maximum atomic E-state index is 12.4. The van der Waals surface area contributed by atoms with Crippen LogP contribution in [0.2, 0.25) is 0 Å². The van der Waals surface area contributed by atoms with E-state index in [1.54, 1.807) is 11.1 Å². The lowest BCUT2D eigenvalue weighted by Crippen LogP contribution is -2.37. The van der Waals surface area contributed by atoms with Gasteiger partial charge in [0.2, 0.25) is 0 Å². The van der Waals surface area contributed by atoms with E-state index < -0.39 is 16.0 Å². The zero-order chi connectivity index (χ0) is 17.5. The normalized spacial score (nSPS) is 18.5. The van der Waals surface area contributed by atoms with Crippen LogP contribution in [0.15, 0.2) is 40.5 Å². The number of esters is 1. The number of fused-ring (bicyclic) bond motifs is 1. The van der Waals surface area contributed by atoms with Crippen molar-refractivity contribution in [2.45, 2.75) is 20.8 Å². The summed E-state index contributed by atoms with van der Waals surface area (Å²) in [4.78, 5) is 14.1. The molecular formula is C17H18N2O4S. The van der Waals surface area contributed by atoms with Crippen LogP contribution in [0.1, 0.15) is 16.7 Å². The quantitative estimate of drug-likeness (QED) is 0.605. The van der Waals surface area contributed by atoms with Crippen LogP contribution in [-0.4, -0.2) is 37.4 Å². The van der Waals surface area contributed by atoms with Crippen molar-refractivity contribution in [2.24, 2.45) is 4.40 Å². The second kappa shape index (κ2) is 5.90. The van der Waals surface area contributed by atoms with E-state index in [9.17, 15) is 13.2 Å². The summed E-state index contributed by atoms with van der Waals surface area (Å²) in [6.07, 6.45) is 4.62. The molecule has 0 fully saturated rings. The SMILES string of the molecule is Cc1cc(C)c(OC(=O)C2=CN3CCS(=O)(=O)N=C3C=C2)c(C)c1. The lowest BCUT2D eigenvalue weighted by molar-refractivity contribution is -0.129. The molecule has 0 saturated heterocycles. The Morgan fingerprint density at radius 3 is 2.50 bits per heavy atom. The third-order valence-electron chi connectivity index (χ3n) is 3.86. The van der Waals surface area contributed by atoms with Crippen LogP contribution in [0.5, 0.6) is 5.75 Å². The van der Waals surface area contributed by atoms with Gasteiger partial charge in [-0.25, -0.2) is 13.2 Å². The molecule has 0 atom stereocenters. The number of hydrogen-bond acceptors (Lipinski definition) is 5. The van der Waals surface area contributed by atoms with E-state index >= 15 is 0 Å². The van der Waals surface area contributed by atoms with Crippen molar-refractivity contribution in [3.8, 4) is 5.75 Å². The predicted octanol–water partition coefficient (Wildman–Crippen LogP) is 2.01. The van der Waals surface area contributed by atoms with E-state index in [0.717, 1.165) is 16.7 Å². The topological polar surface area (TPSA) is 76.0 Å². The van der Waals surface area contributed by atoms with Crippen molar-refractivity contribution in [1.82, 2.24) is 4.90 Å². The molecule has 0 unspecified atom stereocenters. The Kier molecular flexibility index (Phi) is 4.04.